The van der Waals surface area contributed by atoms with E-state index in [9.17, 15) is 0 Å². The zero-order valence-corrected chi connectivity index (χ0v) is 49.3. The number of fused-ring (bicyclic) bond motifs is 12. The lowest BCUT2D eigenvalue weighted by Crippen LogP contribution is -2.18. The maximum atomic E-state index is 2.44. The van der Waals surface area contributed by atoms with E-state index in [1.165, 1.54) is 134 Å². The van der Waals surface area contributed by atoms with Gasteiger partial charge in [0, 0.05) is 55.8 Å². The molecule has 0 aromatic heterocycles. The molecule has 11 aromatic rings. The van der Waals surface area contributed by atoms with Gasteiger partial charge in [0.1, 0.15) is 0 Å². The fourth-order valence-corrected chi connectivity index (χ4v) is 14.8. The van der Waals surface area contributed by atoms with Crippen molar-refractivity contribution in [3.05, 3.63) is 309 Å². The Balaban J connectivity index is 0.655. The molecule has 84 heavy (non-hydrogen) atoms. The number of rotatable bonds is 10. The normalized spacial score (nSPS) is 15.4. The number of nitrogens with zero attached hydrogens (tertiary/aromatic N) is 2. The van der Waals surface area contributed by atoms with Crippen molar-refractivity contribution in [2.24, 2.45) is 0 Å². The molecule has 0 N–H and O–H groups in total. The van der Waals surface area contributed by atoms with E-state index >= 15 is 0 Å². The lowest BCUT2D eigenvalue weighted by atomic mass is 9.81. The molecule has 0 saturated heterocycles. The maximum absolute atomic E-state index is 2.44. The molecule has 15 rings (SSSR count). The van der Waals surface area contributed by atoms with Gasteiger partial charge in [-0.1, -0.05) is 250 Å². The van der Waals surface area contributed by atoms with Crippen LogP contribution < -0.4 is 9.80 Å². The largest absolute Gasteiger partial charge is 0.310 e. The quantitative estimate of drug-likeness (QED) is 0.126. The minimum atomic E-state index is -0.190. The molecule has 0 radical (unpaired) electrons. The van der Waals surface area contributed by atoms with E-state index in [4.69, 9.17) is 0 Å². The van der Waals surface area contributed by atoms with Crippen LogP contribution in [0, 0.1) is 0 Å². The van der Waals surface area contributed by atoms with E-state index in [0.29, 0.717) is 0 Å². The minimum Gasteiger partial charge on any atom is -0.310 e. The van der Waals surface area contributed by atoms with Gasteiger partial charge in [-0.25, -0.2) is 0 Å². The first-order valence-corrected chi connectivity index (χ1v) is 29.9. The lowest BCUT2D eigenvalue weighted by molar-refractivity contribution is 0.659. The van der Waals surface area contributed by atoms with E-state index in [1.54, 1.807) is 0 Å². The molecule has 0 spiro atoms. The molecule has 2 nitrogen and oxygen atoms in total. The summed E-state index contributed by atoms with van der Waals surface area (Å²) < 4.78 is 0. The molecule has 0 amide bonds. The number of anilines is 6. The highest BCUT2D eigenvalue weighted by molar-refractivity contribution is 5.92. The van der Waals surface area contributed by atoms with Crippen LogP contribution in [0.1, 0.15) is 122 Å². The Hall–Kier alpha value is -9.50. The third kappa shape index (κ3) is 8.06. The van der Waals surface area contributed by atoms with Gasteiger partial charge in [0.2, 0.25) is 0 Å². The number of hydrogen-bond acceptors (Lipinski definition) is 2. The second kappa shape index (κ2) is 19.0. The van der Waals surface area contributed by atoms with Crippen molar-refractivity contribution in [3.8, 4) is 44.5 Å². The van der Waals surface area contributed by atoms with E-state index in [0.717, 1.165) is 11.4 Å². The van der Waals surface area contributed by atoms with Gasteiger partial charge in [0.05, 0.1) is 0 Å². The average Bonchev–Trinajstić information content (AvgIpc) is 3.07. The van der Waals surface area contributed by atoms with Crippen LogP contribution in [0.2, 0.25) is 0 Å². The van der Waals surface area contributed by atoms with Crippen molar-refractivity contribution in [2.75, 3.05) is 9.80 Å². The van der Waals surface area contributed by atoms with Crippen LogP contribution in [0.5, 0.6) is 0 Å². The fraction of sp³-hybridized carbons (Fsp3) is 0.146. The van der Waals surface area contributed by atoms with Crippen LogP contribution in [0.3, 0.4) is 0 Å². The Morgan fingerprint density at radius 2 is 0.440 bits per heavy atom. The van der Waals surface area contributed by atoms with Gasteiger partial charge in [-0.15, -0.1) is 0 Å². The van der Waals surface area contributed by atoms with Crippen molar-refractivity contribution in [3.63, 3.8) is 0 Å². The molecule has 406 valence electrons. The van der Waals surface area contributed by atoms with Gasteiger partial charge in [-0.2, -0.15) is 0 Å². The maximum Gasteiger partial charge on any atom is 0.0465 e. The fourth-order valence-electron chi connectivity index (χ4n) is 14.8. The van der Waals surface area contributed by atoms with Crippen molar-refractivity contribution in [1.82, 2.24) is 0 Å². The van der Waals surface area contributed by atoms with Crippen molar-refractivity contribution < 1.29 is 0 Å². The van der Waals surface area contributed by atoms with Crippen molar-refractivity contribution in [1.29, 1.82) is 0 Å². The van der Waals surface area contributed by atoms with Gasteiger partial charge in [0.25, 0.3) is 0 Å². The number of benzene rings is 11. The topological polar surface area (TPSA) is 6.48 Å². The third-order valence-electron chi connectivity index (χ3n) is 19.4. The molecular formula is C82H68N2. The Morgan fingerprint density at radius 1 is 0.202 bits per heavy atom. The highest BCUT2D eigenvalue weighted by Crippen LogP contribution is 2.56. The van der Waals surface area contributed by atoms with Crippen LogP contribution in [-0.4, -0.2) is 0 Å². The summed E-state index contributed by atoms with van der Waals surface area (Å²) in [7, 11) is 0. The molecule has 0 atom stereocenters. The van der Waals surface area contributed by atoms with E-state index in [-0.39, 0.29) is 21.7 Å². The Labute approximate surface area is 496 Å². The summed E-state index contributed by atoms with van der Waals surface area (Å²) in [5.41, 5.74) is 32.7. The zero-order chi connectivity index (χ0) is 57.3. The summed E-state index contributed by atoms with van der Waals surface area (Å²) >= 11 is 0. The Morgan fingerprint density at radius 3 is 0.774 bits per heavy atom. The Bertz CT molecular complexity index is 4240. The molecule has 2 heteroatoms. The SMILES string of the molecule is CC1(C)c2ccccc2-c2ccc(N(c3ccccc3)c3ccc4c(c3)C(C)(C)c3cc(/C=C/c5ccc(/C=C/c6ccc7c(c6)C(C)(C)c6cc(N(c8ccccc8)c8ccc9c(c8)C(C)(C)c8ccccc8-9)ccc6-7)cc5)ccc3-4)cc21. The monoisotopic (exact) mass is 1080 g/mol. The average molecular weight is 1080 g/mol. The minimum absolute atomic E-state index is 0.0883. The molecule has 0 unspecified atom stereocenters. The third-order valence-corrected chi connectivity index (χ3v) is 19.4. The summed E-state index contributed by atoms with van der Waals surface area (Å²) in [5, 5.41) is 0. The highest BCUT2D eigenvalue weighted by atomic mass is 15.1. The van der Waals surface area contributed by atoms with Crippen LogP contribution in [0.4, 0.5) is 34.1 Å². The summed E-state index contributed by atoms with van der Waals surface area (Å²) in [4.78, 5) is 4.87. The molecule has 11 aromatic carbocycles. The Kier molecular flexibility index (Phi) is 11.6. The molecular weight excluding hydrogens is 1010 g/mol. The smallest absolute Gasteiger partial charge is 0.0465 e. The molecule has 0 fully saturated rings. The lowest BCUT2D eigenvalue weighted by Gasteiger charge is -2.29. The van der Waals surface area contributed by atoms with E-state index in [2.05, 4.69) is 332 Å². The van der Waals surface area contributed by atoms with Crippen LogP contribution >= 0.6 is 0 Å². The van der Waals surface area contributed by atoms with E-state index in [1.807, 2.05) is 0 Å². The second-order valence-electron chi connectivity index (χ2n) is 25.8. The summed E-state index contributed by atoms with van der Waals surface area (Å²) in [6.45, 7) is 19.0. The molecule has 4 aliphatic rings. The van der Waals surface area contributed by atoms with Gasteiger partial charge < -0.3 is 9.80 Å². The van der Waals surface area contributed by atoms with Crippen LogP contribution in [0.25, 0.3) is 68.8 Å². The zero-order valence-electron chi connectivity index (χ0n) is 49.3. The van der Waals surface area contributed by atoms with Crippen LogP contribution in [0.15, 0.2) is 243 Å². The molecule has 4 aliphatic carbocycles. The van der Waals surface area contributed by atoms with Crippen LogP contribution in [-0.2, 0) is 21.7 Å². The predicted octanol–water partition coefficient (Wildman–Crippen LogP) is 22.2. The van der Waals surface area contributed by atoms with Crippen molar-refractivity contribution in [2.45, 2.75) is 77.0 Å². The molecule has 0 bridgehead atoms. The van der Waals surface area contributed by atoms with Gasteiger partial charge in [0.15, 0.2) is 0 Å². The number of hydrogen-bond donors (Lipinski definition) is 0. The molecule has 0 heterocycles. The van der Waals surface area contributed by atoms with Gasteiger partial charge in [-0.3, -0.25) is 0 Å². The van der Waals surface area contributed by atoms with Crippen molar-refractivity contribution >= 4 is 58.4 Å². The van der Waals surface area contributed by atoms with Gasteiger partial charge in [-0.05, 0) is 184 Å². The predicted molar refractivity (Wildman–Crippen MR) is 357 cm³/mol. The first kappa shape index (κ1) is 51.4. The van der Waals surface area contributed by atoms with Gasteiger partial charge >= 0.3 is 0 Å². The second-order valence-corrected chi connectivity index (χ2v) is 25.8. The highest BCUT2D eigenvalue weighted by Gasteiger charge is 2.40. The summed E-state index contributed by atoms with van der Waals surface area (Å²) in [6.07, 6.45) is 9.01. The standard InChI is InChI=1S/C82H68N2/c1-79(2)71-25-17-15-23-63(71)67-43-37-59(49-75(67)79)83(57-19-11-9-12-20-57)61-39-45-69-65-41-35-55(47-73(65)81(5,6)77(69)51-61)33-31-53-27-29-54(30-28-53)32-34-56-36-42-66-70-46-40-62(52-78(70)82(7,8)74(66)48-56)84(58-21-13-10-14-22-58)60-38-44-68-64-24-16-18-26-72(64)80(3,4)76(68)50-60/h9-52H,1-8H3/b33-31+,34-32+. The molecule has 0 saturated carbocycles. The summed E-state index contributed by atoms with van der Waals surface area (Å²) in [5.74, 6) is 0. The first-order chi connectivity index (χ1) is 40.6. The first-order valence-electron chi connectivity index (χ1n) is 29.9. The van der Waals surface area contributed by atoms with E-state index < -0.39 is 0 Å². The summed E-state index contributed by atoms with van der Waals surface area (Å²) in [6, 6.07) is 90.7. The number of para-hydroxylation sites is 2. The molecule has 0 aliphatic heterocycles.